The molecule has 0 spiro atoms. The van der Waals surface area contributed by atoms with E-state index in [9.17, 15) is 18.0 Å². The first-order valence-corrected chi connectivity index (χ1v) is 12.3. The van der Waals surface area contributed by atoms with Crippen molar-refractivity contribution in [1.29, 1.82) is 0 Å². The van der Waals surface area contributed by atoms with Crippen molar-refractivity contribution < 1.29 is 27.5 Å². The summed E-state index contributed by atoms with van der Waals surface area (Å²) >= 11 is 0. The number of benzene rings is 2. The molecule has 9 nitrogen and oxygen atoms in total. The van der Waals surface area contributed by atoms with Gasteiger partial charge < -0.3 is 14.4 Å². The zero-order valence-corrected chi connectivity index (χ0v) is 19.4. The van der Waals surface area contributed by atoms with E-state index in [2.05, 4.69) is 0 Å². The summed E-state index contributed by atoms with van der Waals surface area (Å²) in [5.41, 5.74) is 2.69. The number of ether oxygens (including phenoxy) is 2. The highest BCUT2D eigenvalue weighted by molar-refractivity contribution is 7.89. The maximum atomic E-state index is 13.1. The number of nitrogens with zero attached hydrogens (tertiary/aromatic N) is 2. The average molecular weight is 474 g/mol. The van der Waals surface area contributed by atoms with Crippen LogP contribution in [-0.4, -0.2) is 52.3 Å². The number of anilines is 2. The van der Waals surface area contributed by atoms with Crippen LogP contribution in [0, 0.1) is 0 Å². The van der Waals surface area contributed by atoms with Crippen LogP contribution in [0.3, 0.4) is 0 Å². The summed E-state index contributed by atoms with van der Waals surface area (Å²) in [5, 5.41) is 5.19. The van der Waals surface area contributed by atoms with Crippen molar-refractivity contribution in [3.8, 4) is 11.1 Å². The lowest BCUT2D eigenvalue weighted by Crippen LogP contribution is -2.52. The van der Waals surface area contributed by atoms with Crippen molar-refractivity contribution >= 4 is 33.4 Å². The predicted octanol–water partition coefficient (Wildman–Crippen LogP) is 2.88. The first-order valence-electron chi connectivity index (χ1n) is 10.8. The molecule has 10 heteroatoms. The van der Waals surface area contributed by atoms with Crippen LogP contribution in [0.2, 0.25) is 0 Å². The summed E-state index contributed by atoms with van der Waals surface area (Å²) in [6, 6.07) is 11.4. The molecule has 2 aromatic rings. The molecule has 2 aromatic carbocycles. The molecule has 0 aromatic heterocycles. The van der Waals surface area contributed by atoms with Gasteiger partial charge in [0, 0.05) is 26.3 Å². The lowest BCUT2D eigenvalue weighted by molar-refractivity contribution is -0.117. The van der Waals surface area contributed by atoms with Crippen molar-refractivity contribution in [1.82, 2.24) is 0 Å². The van der Waals surface area contributed by atoms with E-state index >= 15 is 0 Å². The maximum absolute atomic E-state index is 13.1. The van der Waals surface area contributed by atoms with Crippen LogP contribution in [0.1, 0.15) is 26.7 Å². The van der Waals surface area contributed by atoms with Crippen LogP contribution in [0.5, 0.6) is 0 Å². The van der Waals surface area contributed by atoms with Crippen LogP contribution in [-0.2, 0) is 24.3 Å². The normalized spacial score (nSPS) is 19.2. The largest absolute Gasteiger partial charge is 0.446 e. The molecular weight excluding hydrogens is 446 g/mol. The number of sulfonamides is 1. The molecule has 2 aliphatic rings. The highest BCUT2D eigenvalue weighted by atomic mass is 32.2. The molecule has 33 heavy (non-hydrogen) atoms. The smallest absolute Gasteiger partial charge is 0.414 e. The number of hydrogen-bond acceptors (Lipinski definition) is 6. The number of carbonyl (C=O) groups excluding carboxylic acids is 2. The second-order valence-electron chi connectivity index (χ2n) is 8.32. The van der Waals surface area contributed by atoms with Gasteiger partial charge in [0.05, 0.1) is 35.5 Å². The lowest BCUT2D eigenvalue weighted by atomic mass is 10.0. The third kappa shape index (κ3) is 4.87. The van der Waals surface area contributed by atoms with Gasteiger partial charge in [0.15, 0.2) is 0 Å². The van der Waals surface area contributed by atoms with E-state index in [1.807, 2.05) is 19.1 Å². The molecule has 176 valence electrons. The zero-order chi connectivity index (χ0) is 23.8. The first-order chi connectivity index (χ1) is 15.6. The molecule has 2 heterocycles. The number of fused-ring (bicyclic) bond motifs is 1. The molecule has 2 amide bonds. The molecule has 0 saturated carbocycles. The average Bonchev–Trinajstić information content (AvgIpc) is 2.78. The van der Waals surface area contributed by atoms with Gasteiger partial charge in [-0.05, 0) is 42.3 Å². The van der Waals surface area contributed by atoms with E-state index in [0.717, 1.165) is 11.1 Å². The van der Waals surface area contributed by atoms with Crippen molar-refractivity contribution in [2.75, 3.05) is 29.6 Å². The maximum Gasteiger partial charge on any atom is 0.414 e. The first kappa shape index (κ1) is 23.2. The molecular formula is C23H27N3O6S. The molecule has 1 fully saturated rings. The Morgan fingerprint density at radius 2 is 1.67 bits per heavy atom. The Balaban J connectivity index is 1.70. The molecule has 2 N–H and O–H groups in total. The highest BCUT2D eigenvalue weighted by Gasteiger charge is 2.35. The Kier molecular flexibility index (Phi) is 6.42. The van der Waals surface area contributed by atoms with Crippen molar-refractivity contribution in [3.05, 3.63) is 42.5 Å². The summed E-state index contributed by atoms with van der Waals surface area (Å²) < 4.78 is 34.2. The van der Waals surface area contributed by atoms with Gasteiger partial charge >= 0.3 is 6.09 Å². The van der Waals surface area contributed by atoms with Gasteiger partial charge in [-0.3, -0.25) is 9.69 Å². The topological polar surface area (TPSA) is 119 Å². The minimum Gasteiger partial charge on any atom is -0.446 e. The number of primary sulfonamides is 1. The molecule has 0 aliphatic carbocycles. The number of hydrogen-bond donors (Lipinski definition) is 1. The van der Waals surface area contributed by atoms with Crippen molar-refractivity contribution in [2.24, 2.45) is 5.14 Å². The number of rotatable bonds is 3. The van der Waals surface area contributed by atoms with Crippen LogP contribution in [0.25, 0.3) is 11.1 Å². The standard InChI is InChI=1S/C23H27N3O6S/c1-15-14-25(23(28)32-19-9-11-31-12-10-19)22-13-18(5-8-21(22)26(15)16(2)27)17-3-6-20(7-4-17)33(24,29)30/h3-8,13,15,19H,9-12,14H2,1-2H3,(H2,24,29,30). The summed E-state index contributed by atoms with van der Waals surface area (Å²) in [6.07, 6.45) is 0.639. The molecule has 4 rings (SSSR count). The van der Waals surface area contributed by atoms with E-state index in [1.165, 1.54) is 19.1 Å². The second-order valence-corrected chi connectivity index (χ2v) is 9.88. The van der Waals surface area contributed by atoms with E-state index in [-0.39, 0.29) is 22.9 Å². The van der Waals surface area contributed by atoms with Gasteiger partial charge in [0.25, 0.3) is 0 Å². The van der Waals surface area contributed by atoms with E-state index in [0.29, 0.717) is 44.0 Å². The monoisotopic (exact) mass is 473 g/mol. The van der Waals surface area contributed by atoms with E-state index in [4.69, 9.17) is 14.6 Å². The summed E-state index contributed by atoms with van der Waals surface area (Å²) in [5.74, 6) is -0.119. The summed E-state index contributed by atoms with van der Waals surface area (Å²) in [6.45, 7) is 4.79. The molecule has 1 atom stereocenters. The summed E-state index contributed by atoms with van der Waals surface area (Å²) in [7, 11) is -3.80. The van der Waals surface area contributed by atoms with Crippen LogP contribution < -0.4 is 14.9 Å². The number of carbonyl (C=O) groups is 2. The molecule has 1 saturated heterocycles. The van der Waals surface area contributed by atoms with Gasteiger partial charge in [-0.2, -0.15) is 0 Å². The third-order valence-corrected chi connectivity index (χ3v) is 6.85. The van der Waals surface area contributed by atoms with Crippen LogP contribution in [0.4, 0.5) is 16.2 Å². The fraction of sp³-hybridized carbons (Fsp3) is 0.391. The van der Waals surface area contributed by atoms with Gasteiger partial charge in [-0.25, -0.2) is 18.4 Å². The van der Waals surface area contributed by atoms with E-state index < -0.39 is 16.1 Å². The van der Waals surface area contributed by atoms with Gasteiger partial charge in [0.1, 0.15) is 6.10 Å². The zero-order valence-electron chi connectivity index (χ0n) is 18.6. The number of nitrogens with two attached hydrogens (primary N) is 1. The molecule has 0 bridgehead atoms. The van der Waals surface area contributed by atoms with Crippen molar-refractivity contribution in [2.45, 2.75) is 43.7 Å². The Hall–Kier alpha value is -2.95. The molecule has 2 aliphatic heterocycles. The second kappa shape index (κ2) is 9.12. The van der Waals surface area contributed by atoms with Gasteiger partial charge in [-0.15, -0.1) is 0 Å². The SMILES string of the molecule is CC(=O)N1c2ccc(-c3ccc(S(N)(=O)=O)cc3)cc2N(C(=O)OC2CCOCC2)CC1C. The third-order valence-electron chi connectivity index (χ3n) is 5.92. The minimum absolute atomic E-state index is 0.0162. The van der Waals surface area contributed by atoms with Crippen LogP contribution in [0.15, 0.2) is 47.4 Å². The predicted molar refractivity (Wildman–Crippen MR) is 124 cm³/mol. The highest BCUT2D eigenvalue weighted by Crippen LogP contribution is 2.39. The fourth-order valence-corrected chi connectivity index (χ4v) is 4.81. The fourth-order valence-electron chi connectivity index (χ4n) is 4.29. The van der Waals surface area contributed by atoms with Gasteiger partial charge in [-0.1, -0.05) is 18.2 Å². The van der Waals surface area contributed by atoms with Crippen LogP contribution >= 0.6 is 0 Å². The number of amides is 2. The lowest BCUT2D eigenvalue weighted by Gasteiger charge is -2.41. The quantitative estimate of drug-likeness (QED) is 0.732. The Labute approximate surface area is 193 Å². The Bertz CT molecular complexity index is 1160. The molecule has 0 radical (unpaired) electrons. The minimum atomic E-state index is -3.80. The Morgan fingerprint density at radius 1 is 1.03 bits per heavy atom. The van der Waals surface area contributed by atoms with Crippen molar-refractivity contribution in [3.63, 3.8) is 0 Å². The Morgan fingerprint density at radius 3 is 2.27 bits per heavy atom. The molecule has 1 unspecified atom stereocenters. The summed E-state index contributed by atoms with van der Waals surface area (Å²) in [4.78, 5) is 28.7. The van der Waals surface area contributed by atoms with Gasteiger partial charge in [0.2, 0.25) is 15.9 Å². The van der Waals surface area contributed by atoms with E-state index in [1.54, 1.807) is 28.0 Å².